The lowest BCUT2D eigenvalue weighted by molar-refractivity contribution is 0.132. The minimum Gasteiger partial charge on any atom is -0.285 e. The summed E-state index contributed by atoms with van der Waals surface area (Å²) >= 11 is 9.41. The van der Waals surface area contributed by atoms with Crippen LogP contribution < -0.4 is 0 Å². The van der Waals surface area contributed by atoms with E-state index in [1.807, 2.05) is 12.3 Å². The van der Waals surface area contributed by atoms with Gasteiger partial charge in [0.1, 0.15) is 0 Å². The first kappa shape index (κ1) is 14.8. The Kier molecular flexibility index (Phi) is 3.92. The normalized spacial score (nSPS) is 31.1. The van der Waals surface area contributed by atoms with Crippen LogP contribution in [0.1, 0.15) is 18.4 Å². The Labute approximate surface area is 138 Å². The Morgan fingerprint density at radius 2 is 2.14 bits per heavy atom. The highest BCUT2D eigenvalue weighted by molar-refractivity contribution is 9.10. The number of fused-ring (bicyclic) bond motifs is 2. The second-order valence-electron chi connectivity index (χ2n) is 5.70. The van der Waals surface area contributed by atoms with Crippen LogP contribution in [0.25, 0.3) is 0 Å². The summed E-state index contributed by atoms with van der Waals surface area (Å²) in [6.07, 6.45) is 9.46. The van der Waals surface area contributed by atoms with E-state index in [2.05, 4.69) is 50.6 Å². The monoisotopic (exact) mass is 363 g/mol. The Hall–Kier alpha value is -1.15. The molecule has 1 saturated heterocycles. The molecule has 21 heavy (non-hydrogen) atoms. The number of nitriles is 1. The first-order chi connectivity index (χ1) is 10.0. The number of halogens is 2. The zero-order valence-corrected chi connectivity index (χ0v) is 13.8. The first-order valence-corrected chi connectivity index (χ1v) is 8.01. The molecule has 0 aromatic carbocycles. The summed E-state index contributed by atoms with van der Waals surface area (Å²) in [5.74, 6) is 0. The van der Waals surface area contributed by atoms with Gasteiger partial charge in [-0.15, -0.1) is 0 Å². The SMILES string of the molecule is C=C(Cl)CN1[C@@H]2C=C[C@H]1C[C@](C#N)(c1cncc(Br)c1)C2. The predicted octanol–water partition coefficient (Wildman–Crippen LogP) is 3.76. The third-order valence-corrected chi connectivity index (χ3v) is 4.90. The molecule has 3 atom stereocenters. The van der Waals surface area contributed by atoms with Gasteiger partial charge < -0.3 is 0 Å². The molecule has 3 rings (SSSR count). The molecular weight excluding hydrogens is 350 g/mol. The van der Waals surface area contributed by atoms with Crippen molar-refractivity contribution >= 4 is 27.5 Å². The van der Waals surface area contributed by atoms with Gasteiger partial charge in [0.2, 0.25) is 0 Å². The van der Waals surface area contributed by atoms with Gasteiger partial charge >= 0.3 is 0 Å². The minimum atomic E-state index is -0.486. The van der Waals surface area contributed by atoms with E-state index in [9.17, 15) is 5.26 Å². The Bertz CT molecular complexity index is 633. The van der Waals surface area contributed by atoms with Gasteiger partial charge in [-0.25, -0.2) is 0 Å². The zero-order valence-electron chi connectivity index (χ0n) is 11.5. The molecule has 1 fully saturated rings. The first-order valence-electron chi connectivity index (χ1n) is 6.84. The molecule has 1 aromatic heterocycles. The van der Waals surface area contributed by atoms with Crippen LogP contribution in [0.15, 0.2) is 46.7 Å². The molecule has 0 radical (unpaired) electrons. The second-order valence-corrected chi connectivity index (χ2v) is 7.15. The molecule has 2 aliphatic rings. The van der Waals surface area contributed by atoms with Crippen molar-refractivity contribution in [3.05, 3.63) is 52.3 Å². The lowest BCUT2D eigenvalue weighted by Crippen LogP contribution is -2.50. The smallest absolute Gasteiger partial charge is 0.0873 e. The maximum Gasteiger partial charge on any atom is 0.0873 e. The van der Waals surface area contributed by atoms with Crippen LogP contribution in [0.4, 0.5) is 0 Å². The minimum absolute atomic E-state index is 0.234. The summed E-state index contributed by atoms with van der Waals surface area (Å²) in [6.45, 7) is 4.46. The van der Waals surface area contributed by atoms with E-state index in [0.29, 0.717) is 11.6 Å². The van der Waals surface area contributed by atoms with Gasteiger partial charge in [-0.05, 0) is 40.4 Å². The van der Waals surface area contributed by atoms with Crippen molar-refractivity contribution in [2.24, 2.45) is 0 Å². The largest absolute Gasteiger partial charge is 0.285 e. The van der Waals surface area contributed by atoms with Gasteiger partial charge in [-0.2, -0.15) is 5.26 Å². The third kappa shape index (κ3) is 2.66. The van der Waals surface area contributed by atoms with Crippen molar-refractivity contribution in [2.45, 2.75) is 30.3 Å². The molecule has 0 aliphatic carbocycles. The number of hydrogen-bond donors (Lipinski definition) is 0. The van der Waals surface area contributed by atoms with Crippen LogP contribution in [0.3, 0.4) is 0 Å². The molecule has 2 aliphatic heterocycles. The lowest BCUT2D eigenvalue weighted by Gasteiger charge is -2.43. The fourth-order valence-electron chi connectivity index (χ4n) is 3.39. The summed E-state index contributed by atoms with van der Waals surface area (Å²) in [5.41, 5.74) is 0.502. The van der Waals surface area contributed by atoms with Gasteiger partial charge in [-0.3, -0.25) is 9.88 Å². The summed E-state index contributed by atoms with van der Waals surface area (Å²) in [4.78, 5) is 6.54. The average Bonchev–Trinajstić information content (AvgIpc) is 2.70. The standard InChI is InChI=1S/C16H15BrClN3/c1-11(18)9-21-14-2-3-15(21)6-16(5-14,10-19)12-4-13(17)8-20-7-12/h2-4,7-8,14-15H,1,5-6,9H2/t14-,15+,16-. The van der Waals surface area contributed by atoms with Crippen molar-refractivity contribution < 1.29 is 0 Å². The Balaban J connectivity index is 1.92. The molecule has 3 nitrogen and oxygen atoms in total. The molecule has 108 valence electrons. The Morgan fingerprint density at radius 1 is 1.48 bits per heavy atom. The second kappa shape index (κ2) is 5.57. The third-order valence-electron chi connectivity index (χ3n) is 4.35. The van der Waals surface area contributed by atoms with E-state index in [1.165, 1.54) is 0 Å². The zero-order chi connectivity index (χ0) is 15.0. The summed E-state index contributed by atoms with van der Waals surface area (Å²) in [5, 5.41) is 10.5. The van der Waals surface area contributed by atoms with Gasteiger partial charge in [0, 0.05) is 40.5 Å². The highest BCUT2D eigenvalue weighted by Crippen LogP contribution is 2.44. The fraction of sp³-hybridized carbons (Fsp3) is 0.375. The number of nitrogens with zero attached hydrogens (tertiary/aromatic N) is 3. The van der Waals surface area contributed by atoms with Gasteiger partial charge in [-0.1, -0.05) is 30.3 Å². The molecular formula is C16H15BrClN3. The van der Waals surface area contributed by atoms with Crippen LogP contribution in [0.2, 0.25) is 0 Å². The van der Waals surface area contributed by atoms with E-state index < -0.39 is 5.41 Å². The molecule has 5 heteroatoms. The van der Waals surface area contributed by atoms with Gasteiger partial charge in [0.15, 0.2) is 0 Å². The number of pyridine rings is 1. The quantitative estimate of drug-likeness (QED) is 0.767. The molecule has 0 saturated carbocycles. The van der Waals surface area contributed by atoms with Crippen molar-refractivity contribution in [3.8, 4) is 6.07 Å². The molecule has 2 bridgehead atoms. The van der Waals surface area contributed by atoms with Crippen molar-refractivity contribution in [2.75, 3.05) is 6.54 Å². The van der Waals surface area contributed by atoms with Crippen molar-refractivity contribution in [1.82, 2.24) is 9.88 Å². The average molecular weight is 365 g/mol. The van der Waals surface area contributed by atoms with Crippen LogP contribution in [-0.4, -0.2) is 28.5 Å². The Morgan fingerprint density at radius 3 is 2.67 bits per heavy atom. The fourth-order valence-corrected chi connectivity index (χ4v) is 3.89. The maximum absolute atomic E-state index is 9.83. The lowest BCUT2D eigenvalue weighted by atomic mass is 9.71. The molecule has 0 spiro atoms. The van der Waals surface area contributed by atoms with E-state index in [-0.39, 0.29) is 12.1 Å². The van der Waals surface area contributed by atoms with Crippen molar-refractivity contribution in [3.63, 3.8) is 0 Å². The predicted molar refractivity (Wildman–Crippen MR) is 86.9 cm³/mol. The molecule has 0 N–H and O–H groups in total. The van der Waals surface area contributed by atoms with Crippen LogP contribution in [-0.2, 0) is 5.41 Å². The number of hydrogen-bond acceptors (Lipinski definition) is 3. The number of piperidine rings is 1. The van der Waals surface area contributed by atoms with E-state index >= 15 is 0 Å². The van der Waals surface area contributed by atoms with E-state index in [4.69, 9.17) is 11.6 Å². The van der Waals surface area contributed by atoms with Gasteiger partial charge in [0.25, 0.3) is 0 Å². The summed E-state index contributed by atoms with van der Waals surface area (Å²) in [7, 11) is 0. The summed E-state index contributed by atoms with van der Waals surface area (Å²) in [6, 6.07) is 5.03. The topological polar surface area (TPSA) is 39.9 Å². The highest BCUT2D eigenvalue weighted by Gasteiger charge is 2.47. The number of aromatic nitrogens is 1. The highest BCUT2D eigenvalue weighted by atomic mass is 79.9. The molecule has 3 heterocycles. The van der Waals surface area contributed by atoms with E-state index in [1.54, 1.807) is 6.20 Å². The number of rotatable bonds is 3. The van der Waals surface area contributed by atoms with Crippen LogP contribution in [0, 0.1) is 11.3 Å². The van der Waals surface area contributed by atoms with Crippen LogP contribution >= 0.6 is 27.5 Å². The van der Waals surface area contributed by atoms with Crippen LogP contribution in [0.5, 0.6) is 0 Å². The summed E-state index contributed by atoms with van der Waals surface area (Å²) < 4.78 is 0.909. The molecule has 0 amide bonds. The van der Waals surface area contributed by atoms with E-state index in [0.717, 1.165) is 22.9 Å². The maximum atomic E-state index is 9.83. The van der Waals surface area contributed by atoms with Crippen molar-refractivity contribution in [1.29, 1.82) is 5.26 Å². The molecule has 1 aromatic rings. The van der Waals surface area contributed by atoms with Gasteiger partial charge in [0.05, 0.1) is 11.5 Å². The molecule has 0 unspecified atom stereocenters.